The highest BCUT2D eigenvalue weighted by molar-refractivity contribution is 5.85. The molecule has 72 valence electrons. The normalized spacial score (nSPS) is 8.38. The summed E-state index contributed by atoms with van der Waals surface area (Å²) in [5, 5.41) is 8.27. The predicted octanol–water partition coefficient (Wildman–Crippen LogP) is 1.57. The highest BCUT2D eigenvalue weighted by Gasteiger charge is 2.07. The SMILES string of the molecule is COc1cccnc1OC(=O)O.Cl. The third-order valence-electron chi connectivity index (χ3n) is 1.14. The Hall–Kier alpha value is -1.49. The smallest absolute Gasteiger partial charge is 0.491 e. The van der Waals surface area contributed by atoms with Crippen molar-refractivity contribution in [2.45, 2.75) is 0 Å². The fraction of sp³-hybridized carbons (Fsp3) is 0.143. The Morgan fingerprint density at radius 3 is 2.85 bits per heavy atom. The van der Waals surface area contributed by atoms with E-state index in [1.165, 1.54) is 13.3 Å². The molecule has 0 aliphatic heterocycles. The molecule has 0 aromatic carbocycles. The molecule has 1 N–H and O–H groups in total. The van der Waals surface area contributed by atoms with Crippen molar-refractivity contribution in [2.24, 2.45) is 0 Å². The lowest BCUT2D eigenvalue weighted by molar-refractivity contribution is 0.140. The molecule has 1 heterocycles. The number of carboxylic acid groups (broad SMARTS) is 1. The molecule has 0 bridgehead atoms. The molecule has 1 aromatic rings. The first-order valence-corrected chi connectivity index (χ1v) is 3.14. The van der Waals surface area contributed by atoms with E-state index < -0.39 is 6.16 Å². The summed E-state index contributed by atoms with van der Waals surface area (Å²) in [5.74, 6) is 0.243. The standard InChI is InChI=1S/C7H7NO4.ClH/c1-11-5-3-2-4-8-6(5)12-7(9)10;/h2-4H,1H3,(H,9,10);1H. The molecular weight excluding hydrogens is 198 g/mol. The Morgan fingerprint density at radius 2 is 2.31 bits per heavy atom. The summed E-state index contributed by atoms with van der Waals surface area (Å²) in [6, 6.07) is 3.18. The van der Waals surface area contributed by atoms with Gasteiger partial charge in [-0.25, -0.2) is 9.78 Å². The molecule has 0 fully saturated rings. The first kappa shape index (κ1) is 11.5. The van der Waals surface area contributed by atoms with Crippen molar-refractivity contribution in [3.63, 3.8) is 0 Å². The van der Waals surface area contributed by atoms with Crippen molar-refractivity contribution >= 4 is 18.6 Å². The van der Waals surface area contributed by atoms with Crippen LogP contribution in [0, 0.1) is 0 Å². The van der Waals surface area contributed by atoms with Gasteiger partial charge in [-0.1, -0.05) is 0 Å². The van der Waals surface area contributed by atoms with Crippen LogP contribution in [0.4, 0.5) is 4.79 Å². The predicted molar refractivity (Wildman–Crippen MR) is 46.7 cm³/mol. The lowest BCUT2D eigenvalue weighted by Gasteiger charge is -2.03. The topological polar surface area (TPSA) is 68.7 Å². The number of methoxy groups -OCH3 is 1. The zero-order valence-corrected chi connectivity index (χ0v) is 7.58. The fourth-order valence-corrected chi connectivity index (χ4v) is 0.691. The van der Waals surface area contributed by atoms with Gasteiger partial charge in [0.15, 0.2) is 5.75 Å². The van der Waals surface area contributed by atoms with Crippen LogP contribution in [0.15, 0.2) is 18.3 Å². The maximum absolute atomic E-state index is 10.1. The minimum absolute atomic E-state index is 0. The van der Waals surface area contributed by atoms with Crippen LogP contribution in [0.1, 0.15) is 0 Å². The minimum Gasteiger partial charge on any atom is -0.491 e. The van der Waals surface area contributed by atoms with E-state index in [1.807, 2.05) is 0 Å². The molecule has 0 amide bonds. The zero-order valence-electron chi connectivity index (χ0n) is 6.76. The minimum atomic E-state index is -1.41. The molecule has 5 nitrogen and oxygen atoms in total. The van der Waals surface area contributed by atoms with Crippen LogP contribution in [-0.2, 0) is 0 Å². The summed E-state index contributed by atoms with van der Waals surface area (Å²) in [7, 11) is 1.41. The third kappa shape index (κ3) is 3.16. The first-order chi connectivity index (χ1) is 5.74. The number of rotatable bonds is 2. The molecule has 0 spiro atoms. The molecule has 1 rings (SSSR count). The first-order valence-electron chi connectivity index (χ1n) is 3.14. The van der Waals surface area contributed by atoms with Crippen LogP contribution >= 0.6 is 12.4 Å². The molecule has 0 saturated heterocycles. The number of hydrogen-bond donors (Lipinski definition) is 1. The second kappa shape index (κ2) is 5.21. The number of hydrogen-bond acceptors (Lipinski definition) is 4. The summed E-state index contributed by atoms with van der Waals surface area (Å²) in [4.78, 5) is 13.8. The maximum atomic E-state index is 10.1. The van der Waals surface area contributed by atoms with Gasteiger partial charge in [-0.05, 0) is 12.1 Å². The van der Waals surface area contributed by atoms with E-state index in [1.54, 1.807) is 12.1 Å². The van der Waals surface area contributed by atoms with Gasteiger partial charge in [-0.2, -0.15) is 0 Å². The van der Waals surface area contributed by atoms with Crippen molar-refractivity contribution < 1.29 is 19.4 Å². The highest BCUT2D eigenvalue weighted by atomic mass is 35.5. The Balaban J connectivity index is 0.00000144. The van der Waals surface area contributed by atoms with Gasteiger partial charge in [-0.15, -0.1) is 12.4 Å². The highest BCUT2D eigenvalue weighted by Crippen LogP contribution is 2.22. The molecular formula is C7H8ClNO4. The molecule has 0 unspecified atom stereocenters. The van der Waals surface area contributed by atoms with Gasteiger partial charge >= 0.3 is 6.16 Å². The van der Waals surface area contributed by atoms with Crippen molar-refractivity contribution in [3.05, 3.63) is 18.3 Å². The number of nitrogens with zero attached hydrogens (tertiary/aromatic N) is 1. The molecule has 0 aliphatic rings. The van der Waals surface area contributed by atoms with Crippen LogP contribution in [0.2, 0.25) is 0 Å². The second-order valence-electron chi connectivity index (χ2n) is 1.88. The third-order valence-corrected chi connectivity index (χ3v) is 1.14. The average Bonchev–Trinajstić information content (AvgIpc) is 2.04. The van der Waals surface area contributed by atoms with E-state index >= 15 is 0 Å². The van der Waals surface area contributed by atoms with Crippen molar-refractivity contribution in [3.8, 4) is 11.6 Å². The summed E-state index contributed by atoms with van der Waals surface area (Å²) in [5.41, 5.74) is 0. The summed E-state index contributed by atoms with van der Waals surface area (Å²) in [6.45, 7) is 0. The van der Waals surface area contributed by atoms with Crippen LogP contribution in [0.5, 0.6) is 11.6 Å². The maximum Gasteiger partial charge on any atom is 0.512 e. The van der Waals surface area contributed by atoms with E-state index in [0.29, 0.717) is 5.75 Å². The van der Waals surface area contributed by atoms with E-state index in [4.69, 9.17) is 9.84 Å². The van der Waals surface area contributed by atoms with Crippen LogP contribution in [0.25, 0.3) is 0 Å². The van der Waals surface area contributed by atoms with Crippen molar-refractivity contribution in [2.75, 3.05) is 7.11 Å². The summed E-state index contributed by atoms with van der Waals surface area (Å²) in [6.07, 6.45) is 0.00727. The van der Waals surface area contributed by atoms with Gasteiger partial charge < -0.3 is 14.6 Å². The Labute approximate surface area is 80.7 Å². The number of carbonyl (C=O) groups is 1. The van der Waals surface area contributed by atoms with Gasteiger partial charge in [0, 0.05) is 6.20 Å². The van der Waals surface area contributed by atoms with Crippen molar-refractivity contribution in [1.82, 2.24) is 4.98 Å². The molecule has 0 atom stereocenters. The molecule has 0 saturated carbocycles. The quantitative estimate of drug-likeness (QED) is 0.743. The average molecular weight is 206 g/mol. The largest absolute Gasteiger partial charge is 0.512 e. The van der Waals surface area contributed by atoms with E-state index in [0.717, 1.165) is 0 Å². The van der Waals surface area contributed by atoms with E-state index in [9.17, 15) is 4.79 Å². The summed E-state index contributed by atoms with van der Waals surface area (Å²) < 4.78 is 9.11. The zero-order chi connectivity index (χ0) is 8.97. The molecule has 6 heteroatoms. The van der Waals surface area contributed by atoms with E-state index in [2.05, 4.69) is 9.72 Å². The Morgan fingerprint density at radius 1 is 1.62 bits per heavy atom. The lowest BCUT2D eigenvalue weighted by atomic mass is 10.4. The van der Waals surface area contributed by atoms with Gasteiger partial charge in [-0.3, -0.25) is 0 Å². The van der Waals surface area contributed by atoms with E-state index in [-0.39, 0.29) is 18.3 Å². The number of ether oxygens (including phenoxy) is 2. The van der Waals surface area contributed by atoms with Gasteiger partial charge in [0.1, 0.15) is 0 Å². The van der Waals surface area contributed by atoms with Crippen LogP contribution in [-0.4, -0.2) is 23.4 Å². The molecule has 1 aromatic heterocycles. The van der Waals surface area contributed by atoms with Gasteiger partial charge in [0.25, 0.3) is 5.88 Å². The molecule has 13 heavy (non-hydrogen) atoms. The lowest BCUT2D eigenvalue weighted by Crippen LogP contribution is -2.05. The monoisotopic (exact) mass is 205 g/mol. The molecule has 0 aliphatic carbocycles. The second-order valence-corrected chi connectivity index (χ2v) is 1.88. The Bertz CT molecular complexity index is 292. The number of aromatic nitrogens is 1. The van der Waals surface area contributed by atoms with Crippen LogP contribution in [0.3, 0.4) is 0 Å². The molecule has 0 radical (unpaired) electrons. The summed E-state index contributed by atoms with van der Waals surface area (Å²) >= 11 is 0. The number of halogens is 1. The van der Waals surface area contributed by atoms with Crippen molar-refractivity contribution in [1.29, 1.82) is 0 Å². The van der Waals surface area contributed by atoms with Gasteiger partial charge in [0.05, 0.1) is 7.11 Å². The van der Waals surface area contributed by atoms with Gasteiger partial charge in [0.2, 0.25) is 0 Å². The van der Waals surface area contributed by atoms with Crippen LogP contribution < -0.4 is 9.47 Å². The fourth-order valence-electron chi connectivity index (χ4n) is 0.691. The number of pyridine rings is 1. The Kier molecular flexibility index (Phi) is 4.61.